The van der Waals surface area contributed by atoms with Crippen LogP contribution in [0, 0.1) is 0 Å². The molecule has 0 aliphatic carbocycles. The third-order valence-electron chi connectivity index (χ3n) is 4.23. The summed E-state index contributed by atoms with van der Waals surface area (Å²) in [7, 11) is 0. The molecule has 0 fully saturated rings. The standard InChI is InChI=1S/C20H23N5O/c1-14(15-9-11-16(12-10-15)20(2,3)4)21-23-19(26)13-25-18-8-6-5-7-17(18)22-24-25/h5-12H,13H2,1-4H3,(H,23,26)/b21-14-. The van der Waals surface area contributed by atoms with Gasteiger partial charge < -0.3 is 0 Å². The van der Waals surface area contributed by atoms with E-state index in [1.807, 2.05) is 43.3 Å². The van der Waals surface area contributed by atoms with Crippen LogP contribution in [0.25, 0.3) is 11.0 Å². The number of hydrogen-bond acceptors (Lipinski definition) is 4. The smallest absolute Gasteiger partial charge is 0.261 e. The van der Waals surface area contributed by atoms with Crippen LogP contribution in [-0.2, 0) is 16.8 Å². The molecule has 0 saturated heterocycles. The number of para-hydroxylation sites is 1. The highest BCUT2D eigenvalue weighted by Crippen LogP contribution is 2.22. The number of carbonyl (C=O) groups excluding carboxylic acids is 1. The van der Waals surface area contributed by atoms with Crippen molar-refractivity contribution >= 4 is 22.7 Å². The van der Waals surface area contributed by atoms with E-state index >= 15 is 0 Å². The summed E-state index contributed by atoms with van der Waals surface area (Å²) in [5, 5.41) is 12.3. The fourth-order valence-electron chi connectivity index (χ4n) is 2.63. The normalized spacial score (nSPS) is 12.4. The molecule has 1 heterocycles. The monoisotopic (exact) mass is 349 g/mol. The Balaban J connectivity index is 1.66. The van der Waals surface area contributed by atoms with Crippen molar-refractivity contribution in [3.8, 4) is 0 Å². The zero-order chi connectivity index (χ0) is 18.7. The van der Waals surface area contributed by atoms with Crippen LogP contribution in [0.15, 0.2) is 53.6 Å². The SMILES string of the molecule is C/C(=N/NC(=O)Cn1nnc2ccccc21)c1ccc(C(C)(C)C)cc1. The van der Waals surface area contributed by atoms with Crippen molar-refractivity contribution in [2.75, 3.05) is 0 Å². The van der Waals surface area contributed by atoms with Gasteiger partial charge in [-0.2, -0.15) is 5.10 Å². The van der Waals surface area contributed by atoms with Crippen molar-refractivity contribution in [3.05, 3.63) is 59.7 Å². The summed E-state index contributed by atoms with van der Waals surface area (Å²) in [6, 6.07) is 15.8. The molecule has 1 amide bonds. The van der Waals surface area contributed by atoms with Crippen molar-refractivity contribution in [2.24, 2.45) is 5.10 Å². The first-order chi connectivity index (χ1) is 12.3. The summed E-state index contributed by atoms with van der Waals surface area (Å²) >= 11 is 0. The second-order valence-corrected chi connectivity index (χ2v) is 7.30. The van der Waals surface area contributed by atoms with Crippen LogP contribution in [0.2, 0.25) is 0 Å². The van der Waals surface area contributed by atoms with Gasteiger partial charge in [-0.25, -0.2) is 10.1 Å². The molecule has 6 heteroatoms. The lowest BCUT2D eigenvalue weighted by molar-refractivity contribution is -0.121. The van der Waals surface area contributed by atoms with Gasteiger partial charge in [-0.15, -0.1) is 5.10 Å². The zero-order valence-electron chi connectivity index (χ0n) is 15.5. The molecule has 134 valence electrons. The molecule has 1 N–H and O–H groups in total. The minimum atomic E-state index is -0.244. The Labute approximate surface area is 152 Å². The molecule has 2 aromatic carbocycles. The van der Waals surface area contributed by atoms with Crippen molar-refractivity contribution in [1.82, 2.24) is 20.4 Å². The third-order valence-corrected chi connectivity index (χ3v) is 4.23. The van der Waals surface area contributed by atoms with Crippen molar-refractivity contribution in [1.29, 1.82) is 0 Å². The highest BCUT2D eigenvalue weighted by Gasteiger charge is 2.13. The summed E-state index contributed by atoms with van der Waals surface area (Å²) in [6.07, 6.45) is 0. The fraction of sp³-hybridized carbons (Fsp3) is 0.300. The molecular formula is C20H23N5O. The first kappa shape index (κ1) is 17.8. The molecule has 0 saturated carbocycles. The number of benzene rings is 2. The van der Waals surface area contributed by atoms with Gasteiger partial charge in [0.25, 0.3) is 5.91 Å². The average Bonchev–Trinajstić information content (AvgIpc) is 3.02. The minimum Gasteiger partial charge on any atom is -0.271 e. The maximum Gasteiger partial charge on any atom is 0.261 e. The number of amides is 1. The van der Waals surface area contributed by atoms with E-state index in [0.29, 0.717) is 0 Å². The number of rotatable bonds is 4. The van der Waals surface area contributed by atoms with Crippen LogP contribution in [0.4, 0.5) is 0 Å². The summed E-state index contributed by atoms with van der Waals surface area (Å²) < 4.78 is 1.56. The molecular weight excluding hydrogens is 326 g/mol. The number of aromatic nitrogens is 3. The number of nitrogens with zero attached hydrogens (tertiary/aromatic N) is 4. The Kier molecular flexibility index (Phi) is 4.84. The van der Waals surface area contributed by atoms with Crippen molar-refractivity contribution < 1.29 is 4.79 Å². The predicted octanol–water partition coefficient (Wildman–Crippen LogP) is 3.27. The second-order valence-electron chi connectivity index (χ2n) is 7.30. The van der Waals surface area contributed by atoms with Gasteiger partial charge in [0.2, 0.25) is 0 Å². The Morgan fingerprint density at radius 1 is 1.12 bits per heavy atom. The van der Waals surface area contributed by atoms with Crippen molar-refractivity contribution in [3.63, 3.8) is 0 Å². The number of carbonyl (C=O) groups is 1. The van der Waals surface area contributed by atoms with E-state index in [2.05, 4.69) is 53.7 Å². The maximum absolute atomic E-state index is 12.2. The quantitative estimate of drug-likeness (QED) is 0.580. The highest BCUT2D eigenvalue weighted by atomic mass is 16.2. The average molecular weight is 349 g/mol. The van der Waals surface area contributed by atoms with Gasteiger partial charge >= 0.3 is 0 Å². The Morgan fingerprint density at radius 2 is 1.81 bits per heavy atom. The predicted molar refractivity (Wildman–Crippen MR) is 103 cm³/mol. The number of fused-ring (bicyclic) bond motifs is 1. The number of hydrogen-bond donors (Lipinski definition) is 1. The van der Waals surface area contributed by atoms with Crippen LogP contribution in [0.5, 0.6) is 0 Å². The summed E-state index contributed by atoms with van der Waals surface area (Å²) in [5.41, 5.74) is 7.27. The molecule has 1 aromatic heterocycles. The van der Waals surface area contributed by atoms with Crippen molar-refractivity contribution in [2.45, 2.75) is 39.7 Å². The van der Waals surface area contributed by atoms with Gasteiger partial charge in [-0.3, -0.25) is 4.79 Å². The van der Waals surface area contributed by atoms with E-state index in [1.165, 1.54) is 5.56 Å². The Hall–Kier alpha value is -3.02. The Bertz CT molecular complexity index is 948. The third kappa shape index (κ3) is 3.96. The van der Waals surface area contributed by atoms with Gasteiger partial charge in [0, 0.05) is 0 Å². The van der Waals surface area contributed by atoms with Gasteiger partial charge in [0.1, 0.15) is 12.1 Å². The largest absolute Gasteiger partial charge is 0.271 e. The van der Waals surface area contributed by atoms with Crippen LogP contribution < -0.4 is 5.43 Å². The topological polar surface area (TPSA) is 72.2 Å². The lowest BCUT2D eigenvalue weighted by Gasteiger charge is -2.19. The summed E-state index contributed by atoms with van der Waals surface area (Å²) in [4.78, 5) is 12.2. The molecule has 0 unspecified atom stereocenters. The molecule has 6 nitrogen and oxygen atoms in total. The minimum absolute atomic E-state index is 0.0697. The van der Waals surface area contributed by atoms with E-state index in [-0.39, 0.29) is 17.9 Å². The van der Waals surface area contributed by atoms with Crippen LogP contribution in [0.1, 0.15) is 38.8 Å². The first-order valence-corrected chi connectivity index (χ1v) is 8.57. The second kappa shape index (κ2) is 7.07. The molecule has 0 atom stereocenters. The Morgan fingerprint density at radius 3 is 2.50 bits per heavy atom. The molecule has 3 rings (SSSR count). The number of nitrogens with one attached hydrogen (secondary N) is 1. The molecule has 26 heavy (non-hydrogen) atoms. The van der Waals surface area contributed by atoms with Crippen LogP contribution >= 0.6 is 0 Å². The summed E-state index contributed by atoms with van der Waals surface area (Å²) in [6.45, 7) is 8.47. The fourth-order valence-corrected chi connectivity index (χ4v) is 2.63. The number of hydrazone groups is 1. The van der Waals surface area contributed by atoms with Gasteiger partial charge in [-0.05, 0) is 35.6 Å². The lowest BCUT2D eigenvalue weighted by Crippen LogP contribution is -2.24. The van der Waals surface area contributed by atoms with E-state index < -0.39 is 0 Å². The lowest BCUT2D eigenvalue weighted by atomic mass is 9.86. The van der Waals surface area contributed by atoms with Crippen LogP contribution in [-0.4, -0.2) is 26.6 Å². The van der Waals surface area contributed by atoms with E-state index in [4.69, 9.17) is 0 Å². The first-order valence-electron chi connectivity index (χ1n) is 8.57. The molecule has 0 aliphatic heterocycles. The molecule has 0 aliphatic rings. The zero-order valence-corrected chi connectivity index (χ0v) is 15.5. The molecule has 0 spiro atoms. The molecule has 0 radical (unpaired) electrons. The van der Waals surface area contributed by atoms with E-state index in [0.717, 1.165) is 22.3 Å². The van der Waals surface area contributed by atoms with E-state index in [9.17, 15) is 4.79 Å². The maximum atomic E-state index is 12.2. The van der Waals surface area contributed by atoms with Gasteiger partial charge in [0.05, 0.1) is 11.2 Å². The molecule has 0 bridgehead atoms. The summed E-state index contributed by atoms with van der Waals surface area (Å²) in [5.74, 6) is -0.244. The van der Waals surface area contributed by atoms with E-state index in [1.54, 1.807) is 4.68 Å². The highest BCUT2D eigenvalue weighted by molar-refractivity contribution is 5.99. The van der Waals surface area contributed by atoms with Gasteiger partial charge in [-0.1, -0.05) is 62.4 Å². The van der Waals surface area contributed by atoms with Gasteiger partial charge in [0.15, 0.2) is 0 Å². The van der Waals surface area contributed by atoms with Crippen LogP contribution in [0.3, 0.4) is 0 Å². The molecule has 3 aromatic rings.